The number of hydrogen-bond acceptors (Lipinski definition) is 4. The normalized spacial score (nSPS) is 23.4. The van der Waals surface area contributed by atoms with Crippen molar-refractivity contribution in [2.45, 2.75) is 31.7 Å². The molecule has 2 atom stereocenters. The molecule has 1 aromatic carbocycles. The Morgan fingerprint density at radius 2 is 1.92 bits per heavy atom. The summed E-state index contributed by atoms with van der Waals surface area (Å²) in [6.45, 7) is 0.446. The molecule has 1 unspecified atom stereocenters. The molecule has 2 heterocycles. The Hall–Kier alpha value is -2.70. The number of amides is 3. The average molecular weight is 330 g/mol. The van der Waals surface area contributed by atoms with Crippen LogP contribution in [0.4, 0.5) is 0 Å². The minimum atomic E-state index is -0.977. The fourth-order valence-corrected chi connectivity index (χ4v) is 3.27. The lowest BCUT2D eigenvalue weighted by Crippen LogP contribution is -2.40. The Balaban J connectivity index is 1.68. The standard InChI is InChI=1S/C17H18N2O5/c20-14-9-12(15(21)18-14)8-10-3-5-11(6-4-10)16(22)19-7-1-2-13(19)17(23)24/h3-6,12-13H,1-2,7-9H2,(H,23,24)(H,18,20,21)/t12?,13-/m0/s1. The van der Waals surface area contributed by atoms with Gasteiger partial charge in [0.15, 0.2) is 0 Å². The summed E-state index contributed by atoms with van der Waals surface area (Å²) in [5, 5.41) is 11.4. The molecule has 0 saturated carbocycles. The summed E-state index contributed by atoms with van der Waals surface area (Å²) in [5.41, 5.74) is 1.29. The van der Waals surface area contributed by atoms with Crippen molar-refractivity contribution >= 4 is 23.7 Å². The Morgan fingerprint density at radius 3 is 2.50 bits per heavy atom. The molecular weight excluding hydrogens is 312 g/mol. The van der Waals surface area contributed by atoms with Crippen LogP contribution >= 0.6 is 0 Å². The van der Waals surface area contributed by atoms with E-state index in [-0.39, 0.29) is 30.1 Å². The number of carbonyl (C=O) groups excluding carboxylic acids is 3. The summed E-state index contributed by atoms with van der Waals surface area (Å²) >= 11 is 0. The molecule has 0 spiro atoms. The maximum Gasteiger partial charge on any atom is 0.326 e. The zero-order chi connectivity index (χ0) is 17.3. The van der Waals surface area contributed by atoms with Crippen molar-refractivity contribution in [3.63, 3.8) is 0 Å². The second-order valence-corrected chi connectivity index (χ2v) is 6.21. The molecule has 7 heteroatoms. The first-order valence-electron chi connectivity index (χ1n) is 7.92. The molecule has 2 fully saturated rings. The number of carboxylic acids is 1. The van der Waals surface area contributed by atoms with E-state index in [9.17, 15) is 19.2 Å². The molecule has 7 nitrogen and oxygen atoms in total. The van der Waals surface area contributed by atoms with Gasteiger partial charge in [-0.1, -0.05) is 12.1 Å². The number of hydrogen-bond donors (Lipinski definition) is 2. The third-order valence-electron chi connectivity index (χ3n) is 4.55. The second kappa shape index (κ2) is 6.43. The largest absolute Gasteiger partial charge is 0.480 e. The number of likely N-dealkylation sites (tertiary alicyclic amines) is 1. The van der Waals surface area contributed by atoms with E-state index < -0.39 is 12.0 Å². The summed E-state index contributed by atoms with van der Waals surface area (Å²) in [6, 6.07) is 6.02. The van der Waals surface area contributed by atoms with Gasteiger partial charge in [0.2, 0.25) is 11.8 Å². The van der Waals surface area contributed by atoms with Gasteiger partial charge in [0.1, 0.15) is 6.04 Å². The first-order chi connectivity index (χ1) is 11.5. The molecule has 1 aromatic rings. The number of nitrogens with one attached hydrogen (secondary N) is 1. The van der Waals surface area contributed by atoms with Crippen molar-refractivity contribution in [1.82, 2.24) is 10.2 Å². The van der Waals surface area contributed by atoms with Crippen molar-refractivity contribution in [1.29, 1.82) is 0 Å². The summed E-state index contributed by atoms with van der Waals surface area (Å²) in [7, 11) is 0. The average Bonchev–Trinajstić information content (AvgIpc) is 3.14. The molecule has 0 radical (unpaired) electrons. The van der Waals surface area contributed by atoms with Crippen molar-refractivity contribution < 1.29 is 24.3 Å². The molecular formula is C17H18N2O5. The van der Waals surface area contributed by atoms with Crippen LogP contribution < -0.4 is 5.32 Å². The third kappa shape index (κ3) is 3.15. The van der Waals surface area contributed by atoms with Gasteiger partial charge in [-0.3, -0.25) is 19.7 Å². The van der Waals surface area contributed by atoms with Gasteiger partial charge in [0, 0.05) is 18.5 Å². The Kier molecular flexibility index (Phi) is 4.33. The molecule has 2 aliphatic heterocycles. The summed E-state index contributed by atoms with van der Waals surface area (Å²) in [5.74, 6) is -2.16. The van der Waals surface area contributed by atoms with E-state index in [1.54, 1.807) is 24.3 Å². The molecule has 24 heavy (non-hydrogen) atoms. The van der Waals surface area contributed by atoms with E-state index in [2.05, 4.69) is 5.32 Å². The van der Waals surface area contributed by atoms with Crippen molar-refractivity contribution in [2.24, 2.45) is 5.92 Å². The summed E-state index contributed by atoms with van der Waals surface area (Å²) in [6.07, 6.45) is 1.79. The maximum absolute atomic E-state index is 12.5. The number of benzene rings is 1. The highest BCUT2D eigenvalue weighted by Gasteiger charge is 2.34. The number of carbonyl (C=O) groups is 4. The van der Waals surface area contributed by atoms with Gasteiger partial charge < -0.3 is 10.0 Å². The number of nitrogens with zero attached hydrogens (tertiary/aromatic N) is 1. The molecule has 126 valence electrons. The SMILES string of the molecule is O=C1CC(Cc2ccc(C(=O)N3CCC[C@H]3C(=O)O)cc2)C(=O)N1. The minimum Gasteiger partial charge on any atom is -0.480 e. The van der Waals surface area contributed by atoms with E-state index in [1.165, 1.54) is 4.90 Å². The van der Waals surface area contributed by atoms with Crippen LogP contribution in [0.5, 0.6) is 0 Å². The maximum atomic E-state index is 12.5. The fraction of sp³-hybridized carbons (Fsp3) is 0.412. The zero-order valence-electron chi connectivity index (χ0n) is 13.0. The quantitative estimate of drug-likeness (QED) is 0.786. The minimum absolute atomic E-state index is 0.188. The number of carboxylic acid groups (broad SMARTS) is 1. The van der Waals surface area contributed by atoms with Crippen molar-refractivity contribution in [3.05, 3.63) is 35.4 Å². The van der Waals surface area contributed by atoms with Gasteiger partial charge in [0.05, 0.1) is 5.92 Å². The Bertz CT molecular complexity index is 697. The van der Waals surface area contributed by atoms with E-state index in [0.717, 1.165) is 5.56 Å². The third-order valence-corrected chi connectivity index (χ3v) is 4.55. The Labute approximate surface area is 138 Å². The van der Waals surface area contributed by atoms with Crippen LogP contribution in [0.2, 0.25) is 0 Å². The van der Waals surface area contributed by atoms with Crippen molar-refractivity contribution in [3.8, 4) is 0 Å². The van der Waals surface area contributed by atoms with Crippen LogP contribution in [0, 0.1) is 5.92 Å². The van der Waals surface area contributed by atoms with E-state index in [1.807, 2.05) is 0 Å². The van der Waals surface area contributed by atoms with E-state index in [0.29, 0.717) is 31.4 Å². The first-order valence-corrected chi connectivity index (χ1v) is 7.92. The summed E-state index contributed by atoms with van der Waals surface area (Å²) < 4.78 is 0. The molecule has 0 aromatic heterocycles. The van der Waals surface area contributed by atoms with Gasteiger partial charge in [-0.25, -0.2) is 4.79 Å². The van der Waals surface area contributed by atoms with Crippen LogP contribution in [0.1, 0.15) is 35.2 Å². The Morgan fingerprint density at radius 1 is 1.21 bits per heavy atom. The lowest BCUT2D eigenvalue weighted by Gasteiger charge is -2.21. The van der Waals surface area contributed by atoms with Gasteiger partial charge in [0.25, 0.3) is 5.91 Å². The van der Waals surface area contributed by atoms with Crippen LogP contribution in [-0.4, -0.2) is 46.3 Å². The second-order valence-electron chi connectivity index (χ2n) is 6.21. The molecule has 2 N–H and O–H groups in total. The van der Waals surface area contributed by atoms with E-state index >= 15 is 0 Å². The summed E-state index contributed by atoms with van der Waals surface area (Å²) in [4.78, 5) is 47.8. The lowest BCUT2D eigenvalue weighted by atomic mass is 9.97. The molecule has 0 bridgehead atoms. The zero-order valence-corrected chi connectivity index (χ0v) is 13.0. The molecule has 0 aliphatic carbocycles. The smallest absolute Gasteiger partial charge is 0.326 e. The van der Waals surface area contributed by atoms with Crippen molar-refractivity contribution in [2.75, 3.05) is 6.54 Å². The fourth-order valence-electron chi connectivity index (χ4n) is 3.27. The number of aliphatic carboxylic acids is 1. The number of rotatable bonds is 4. The predicted octanol–water partition coefficient (Wildman–Crippen LogP) is 0.581. The van der Waals surface area contributed by atoms with Crippen LogP contribution in [0.15, 0.2) is 24.3 Å². The van der Waals surface area contributed by atoms with Gasteiger partial charge in [-0.2, -0.15) is 0 Å². The lowest BCUT2D eigenvalue weighted by molar-refractivity contribution is -0.141. The molecule has 2 saturated heterocycles. The van der Waals surface area contributed by atoms with Crippen LogP contribution in [-0.2, 0) is 20.8 Å². The van der Waals surface area contributed by atoms with Crippen LogP contribution in [0.25, 0.3) is 0 Å². The first kappa shape index (κ1) is 16.2. The topological polar surface area (TPSA) is 104 Å². The van der Waals surface area contributed by atoms with E-state index in [4.69, 9.17) is 5.11 Å². The van der Waals surface area contributed by atoms with Gasteiger partial charge in [-0.15, -0.1) is 0 Å². The number of imide groups is 1. The predicted molar refractivity (Wildman–Crippen MR) is 83.1 cm³/mol. The highest BCUT2D eigenvalue weighted by molar-refractivity contribution is 6.03. The highest BCUT2D eigenvalue weighted by atomic mass is 16.4. The van der Waals surface area contributed by atoms with Gasteiger partial charge in [-0.05, 0) is 37.0 Å². The highest BCUT2D eigenvalue weighted by Crippen LogP contribution is 2.22. The van der Waals surface area contributed by atoms with Crippen LogP contribution in [0.3, 0.4) is 0 Å². The monoisotopic (exact) mass is 330 g/mol. The molecule has 2 aliphatic rings. The molecule has 3 amide bonds. The van der Waals surface area contributed by atoms with Gasteiger partial charge >= 0.3 is 5.97 Å². The molecule has 3 rings (SSSR count).